The summed E-state index contributed by atoms with van der Waals surface area (Å²) in [7, 11) is 0. The van der Waals surface area contributed by atoms with Crippen LogP contribution in [0.4, 0.5) is 0 Å². The molecule has 0 aliphatic heterocycles. The molecule has 1 aromatic carbocycles. The lowest BCUT2D eigenvalue weighted by Crippen LogP contribution is -2.06. The van der Waals surface area contributed by atoms with Crippen LogP contribution in [-0.2, 0) is 12.8 Å². The quantitative estimate of drug-likeness (QED) is 0.933. The molecule has 0 radical (unpaired) electrons. The molecule has 0 atom stereocenters. The van der Waals surface area contributed by atoms with Gasteiger partial charge >= 0.3 is 5.97 Å². The predicted molar refractivity (Wildman–Crippen MR) is 74.3 cm³/mol. The van der Waals surface area contributed by atoms with Crippen molar-refractivity contribution in [2.24, 2.45) is 0 Å². The molecule has 0 bridgehead atoms. The SMILES string of the molecule is CCc1nn(-c2ccccc2Cl)c(CC)c1C(=O)O. The minimum atomic E-state index is -0.938. The molecule has 2 rings (SSSR count). The topological polar surface area (TPSA) is 55.1 Å². The minimum Gasteiger partial charge on any atom is -0.478 e. The van der Waals surface area contributed by atoms with Crippen LogP contribution in [0.2, 0.25) is 5.02 Å². The van der Waals surface area contributed by atoms with E-state index >= 15 is 0 Å². The first-order valence-electron chi connectivity index (χ1n) is 6.19. The number of para-hydroxylation sites is 1. The minimum absolute atomic E-state index is 0.296. The van der Waals surface area contributed by atoms with Gasteiger partial charge in [0.1, 0.15) is 5.56 Å². The number of aryl methyl sites for hydroxylation is 1. The summed E-state index contributed by atoms with van der Waals surface area (Å²) in [4.78, 5) is 11.4. The van der Waals surface area contributed by atoms with Gasteiger partial charge in [0.15, 0.2) is 0 Å². The molecule has 100 valence electrons. The van der Waals surface area contributed by atoms with E-state index in [-0.39, 0.29) is 0 Å². The molecule has 0 saturated carbocycles. The fourth-order valence-electron chi connectivity index (χ4n) is 2.15. The summed E-state index contributed by atoms with van der Waals surface area (Å²) >= 11 is 6.16. The number of halogens is 1. The predicted octanol–water partition coefficient (Wildman–Crippen LogP) is 3.35. The van der Waals surface area contributed by atoms with Gasteiger partial charge in [0.2, 0.25) is 0 Å². The van der Waals surface area contributed by atoms with E-state index in [2.05, 4.69) is 5.10 Å². The fraction of sp³-hybridized carbons (Fsp3) is 0.286. The van der Waals surface area contributed by atoms with Gasteiger partial charge in [-0.05, 0) is 25.0 Å². The lowest BCUT2D eigenvalue weighted by Gasteiger charge is -2.08. The molecule has 1 N–H and O–H groups in total. The Hall–Kier alpha value is -1.81. The highest BCUT2D eigenvalue weighted by molar-refractivity contribution is 6.32. The van der Waals surface area contributed by atoms with Crippen molar-refractivity contribution in [3.63, 3.8) is 0 Å². The van der Waals surface area contributed by atoms with Crippen molar-refractivity contribution >= 4 is 17.6 Å². The van der Waals surface area contributed by atoms with Gasteiger partial charge in [-0.25, -0.2) is 9.48 Å². The Morgan fingerprint density at radius 2 is 2.00 bits per heavy atom. The van der Waals surface area contributed by atoms with E-state index in [1.807, 2.05) is 32.0 Å². The van der Waals surface area contributed by atoms with E-state index in [9.17, 15) is 9.90 Å². The van der Waals surface area contributed by atoms with Crippen molar-refractivity contribution in [2.75, 3.05) is 0 Å². The first kappa shape index (κ1) is 13.6. The summed E-state index contributed by atoms with van der Waals surface area (Å²) in [5.41, 5.74) is 2.27. The highest BCUT2D eigenvalue weighted by Gasteiger charge is 2.22. The van der Waals surface area contributed by atoms with Crippen LogP contribution < -0.4 is 0 Å². The Bertz CT molecular complexity index is 620. The summed E-state index contributed by atoms with van der Waals surface area (Å²) in [6.45, 7) is 3.81. The third-order valence-corrected chi connectivity index (χ3v) is 3.34. The number of rotatable bonds is 4. The lowest BCUT2D eigenvalue weighted by molar-refractivity contribution is 0.0694. The molecule has 5 heteroatoms. The smallest absolute Gasteiger partial charge is 0.339 e. The standard InChI is InChI=1S/C14H15ClN2O2/c1-3-10-13(14(18)19)11(4-2)17(16-10)12-8-6-5-7-9(12)15/h5-8H,3-4H2,1-2H3,(H,18,19). The lowest BCUT2D eigenvalue weighted by atomic mass is 10.1. The van der Waals surface area contributed by atoms with E-state index in [1.165, 1.54) is 0 Å². The normalized spacial score (nSPS) is 10.7. The third-order valence-electron chi connectivity index (χ3n) is 3.02. The zero-order valence-corrected chi connectivity index (χ0v) is 11.6. The molecular formula is C14H15ClN2O2. The van der Waals surface area contributed by atoms with Crippen LogP contribution in [0.3, 0.4) is 0 Å². The van der Waals surface area contributed by atoms with Crippen LogP contribution in [0.1, 0.15) is 35.6 Å². The summed E-state index contributed by atoms with van der Waals surface area (Å²) in [5, 5.41) is 14.3. The highest BCUT2D eigenvalue weighted by Crippen LogP contribution is 2.25. The van der Waals surface area contributed by atoms with Crippen LogP contribution in [0.15, 0.2) is 24.3 Å². The molecule has 1 aromatic heterocycles. The van der Waals surface area contributed by atoms with E-state index in [4.69, 9.17) is 11.6 Å². The summed E-state index contributed by atoms with van der Waals surface area (Å²) in [5.74, 6) is -0.938. The first-order valence-corrected chi connectivity index (χ1v) is 6.56. The van der Waals surface area contributed by atoms with Crippen molar-refractivity contribution in [1.82, 2.24) is 9.78 Å². The van der Waals surface area contributed by atoms with Gasteiger partial charge in [0.25, 0.3) is 0 Å². The fourth-order valence-corrected chi connectivity index (χ4v) is 2.36. The van der Waals surface area contributed by atoms with Crippen molar-refractivity contribution in [1.29, 1.82) is 0 Å². The summed E-state index contributed by atoms with van der Waals surface area (Å²) in [6.07, 6.45) is 1.16. The van der Waals surface area contributed by atoms with E-state index in [1.54, 1.807) is 10.7 Å². The monoisotopic (exact) mass is 278 g/mol. The molecule has 0 fully saturated rings. The second-order valence-corrected chi connectivity index (χ2v) is 4.55. The third kappa shape index (κ3) is 2.36. The maximum absolute atomic E-state index is 11.4. The van der Waals surface area contributed by atoms with Crippen molar-refractivity contribution in [3.05, 3.63) is 46.2 Å². The highest BCUT2D eigenvalue weighted by atomic mass is 35.5. The number of nitrogens with zero attached hydrogens (tertiary/aromatic N) is 2. The summed E-state index contributed by atoms with van der Waals surface area (Å²) < 4.78 is 1.64. The molecule has 0 amide bonds. The van der Waals surface area contributed by atoms with Crippen LogP contribution >= 0.6 is 11.6 Å². The number of carboxylic acid groups (broad SMARTS) is 1. The number of aromatic carboxylic acids is 1. The summed E-state index contributed by atoms with van der Waals surface area (Å²) in [6, 6.07) is 7.29. The van der Waals surface area contributed by atoms with Gasteiger partial charge in [-0.1, -0.05) is 37.6 Å². The van der Waals surface area contributed by atoms with Crippen molar-refractivity contribution < 1.29 is 9.90 Å². The number of carboxylic acids is 1. The Morgan fingerprint density at radius 1 is 1.32 bits per heavy atom. The Balaban J connectivity index is 2.71. The Morgan fingerprint density at radius 3 is 2.53 bits per heavy atom. The van der Waals surface area contributed by atoms with Crippen LogP contribution in [0.25, 0.3) is 5.69 Å². The van der Waals surface area contributed by atoms with Gasteiger partial charge in [0, 0.05) is 0 Å². The van der Waals surface area contributed by atoms with E-state index < -0.39 is 5.97 Å². The average Bonchev–Trinajstić information content (AvgIpc) is 2.77. The molecule has 19 heavy (non-hydrogen) atoms. The molecule has 4 nitrogen and oxygen atoms in total. The average molecular weight is 279 g/mol. The van der Waals surface area contributed by atoms with E-state index in [0.29, 0.717) is 40.5 Å². The van der Waals surface area contributed by atoms with E-state index in [0.717, 1.165) is 0 Å². The van der Waals surface area contributed by atoms with Crippen LogP contribution in [-0.4, -0.2) is 20.9 Å². The molecule has 0 aliphatic carbocycles. The molecule has 0 aliphatic rings. The van der Waals surface area contributed by atoms with Gasteiger partial charge in [-0.3, -0.25) is 0 Å². The largest absolute Gasteiger partial charge is 0.478 e. The second-order valence-electron chi connectivity index (χ2n) is 4.14. The van der Waals surface area contributed by atoms with Crippen LogP contribution in [0.5, 0.6) is 0 Å². The molecular weight excluding hydrogens is 264 g/mol. The molecule has 0 saturated heterocycles. The van der Waals surface area contributed by atoms with Gasteiger partial charge < -0.3 is 5.11 Å². The zero-order chi connectivity index (χ0) is 14.0. The molecule has 0 spiro atoms. The first-order chi connectivity index (χ1) is 9.10. The zero-order valence-electron chi connectivity index (χ0n) is 10.9. The number of benzene rings is 1. The van der Waals surface area contributed by atoms with Gasteiger partial charge in [-0.15, -0.1) is 0 Å². The van der Waals surface area contributed by atoms with Gasteiger partial charge in [0.05, 0.1) is 22.1 Å². The van der Waals surface area contributed by atoms with Gasteiger partial charge in [-0.2, -0.15) is 5.10 Å². The van der Waals surface area contributed by atoms with Crippen molar-refractivity contribution in [2.45, 2.75) is 26.7 Å². The number of hydrogen-bond acceptors (Lipinski definition) is 2. The Labute approximate surface area is 116 Å². The maximum atomic E-state index is 11.4. The molecule has 0 unspecified atom stereocenters. The number of hydrogen-bond donors (Lipinski definition) is 1. The second kappa shape index (κ2) is 5.45. The maximum Gasteiger partial charge on any atom is 0.339 e. The Kier molecular flexibility index (Phi) is 3.90. The van der Waals surface area contributed by atoms with Crippen LogP contribution in [0, 0.1) is 0 Å². The molecule has 1 heterocycles. The molecule has 2 aromatic rings. The number of aromatic nitrogens is 2. The number of carbonyl (C=O) groups is 1. The van der Waals surface area contributed by atoms with Crippen molar-refractivity contribution in [3.8, 4) is 5.69 Å².